The molecule has 0 saturated heterocycles. The Hall–Kier alpha value is -6.16. The van der Waals surface area contributed by atoms with Crippen LogP contribution in [0, 0.1) is 0 Å². The number of benzene rings is 7. The van der Waals surface area contributed by atoms with Gasteiger partial charge in [0.05, 0.1) is 5.69 Å². The van der Waals surface area contributed by atoms with Crippen molar-refractivity contribution in [3.05, 3.63) is 182 Å². The third-order valence-electron chi connectivity index (χ3n) is 9.10. The highest BCUT2D eigenvalue weighted by Gasteiger charge is 2.17. The van der Waals surface area contributed by atoms with E-state index < -0.39 is 0 Å². The van der Waals surface area contributed by atoms with Crippen LogP contribution in [-0.2, 0) is 0 Å². The van der Waals surface area contributed by atoms with Gasteiger partial charge in [-0.05, 0) is 74.8 Å². The van der Waals surface area contributed by atoms with Crippen molar-refractivity contribution < 1.29 is 0 Å². The monoisotopic (exact) mass is 642 g/mol. The lowest BCUT2D eigenvalue weighted by molar-refractivity contribution is 1.24. The summed E-state index contributed by atoms with van der Waals surface area (Å²) in [6, 6.07) is 64.5. The van der Waals surface area contributed by atoms with Crippen molar-refractivity contribution in [2.45, 2.75) is 0 Å². The van der Waals surface area contributed by atoms with Crippen LogP contribution in [-0.4, -0.2) is 9.97 Å². The van der Waals surface area contributed by atoms with E-state index >= 15 is 0 Å². The minimum atomic E-state index is 0.729. The summed E-state index contributed by atoms with van der Waals surface area (Å²) in [7, 11) is 0. The lowest BCUT2D eigenvalue weighted by Gasteiger charge is -2.11. The van der Waals surface area contributed by atoms with Gasteiger partial charge in [0.1, 0.15) is 4.83 Å². The van der Waals surface area contributed by atoms with E-state index in [0.29, 0.717) is 0 Å². The third-order valence-corrected chi connectivity index (χ3v) is 10.2. The van der Waals surface area contributed by atoms with Crippen LogP contribution in [0.2, 0.25) is 0 Å². The molecule has 2 nitrogen and oxygen atoms in total. The molecule has 0 fully saturated rings. The predicted molar refractivity (Wildman–Crippen MR) is 208 cm³/mol. The summed E-state index contributed by atoms with van der Waals surface area (Å²) in [4.78, 5) is 11.5. The van der Waals surface area contributed by atoms with E-state index in [2.05, 4.69) is 182 Å². The van der Waals surface area contributed by atoms with Crippen molar-refractivity contribution >= 4 is 31.6 Å². The fraction of sp³-hybridized carbons (Fsp3) is 0. The highest BCUT2D eigenvalue weighted by atomic mass is 32.1. The van der Waals surface area contributed by atoms with Crippen LogP contribution in [0.5, 0.6) is 0 Å². The van der Waals surface area contributed by atoms with Crippen LogP contribution in [0.3, 0.4) is 0 Å². The molecule has 0 atom stereocenters. The molecule has 0 amide bonds. The normalized spacial score (nSPS) is 11.3. The molecule has 230 valence electrons. The Morgan fingerprint density at radius 1 is 0.327 bits per heavy atom. The van der Waals surface area contributed by atoms with Crippen LogP contribution in [0.15, 0.2) is 182 Å². The summed E-state index contributed by atoms with van der Waals surface area (Å²) in [5.74, 6) is 0.729. The van der Waals surface area contributed by atoms with E-state index in [4.69, 9.17) is 9.97 Å². The Kier molecular flexibility index (Phi) is 7.38. The zero-order valence-corrected chi connectivity index (χ0v) is 27.4. The maximum Gasteiger partial charge on any atom is 0.161 e. The average molecular weight is 643 g/mol. The summed E-state index contributed by atoms with van der Waals surface area (Å²) in [6.07, 6.45) is 0. The molecule has 0 bridgehead atoms. The van der Waals surface area contributed by atoms with Crippen LogP contribution in [0.1, 0.15) is 0 Å². The molecule has 0 spiro atoms. The smallest absolute Gasteiger partial charge is 0.161 e. The average Bonchev–Trinajstić information content (AvgIpc) is 3.57. The molecule has 0 aliphatic rings. The molecule has 2 heterocycles. The standard InChI is InChI=1S/C46H30N2S/c1-3-13-31(14-4-1)33-17-9-19-35(27-33)36-20-10-21-37(28-36)38-22-12-24-40(30-38)45-47-44(43-41-25-7-8-26-42(41)49-46(43)48-45)39-23-11-18-34(29-39)32-15-5-2-6-16-32/h1-30H. The zero-order chi connectivity index (χ0) is 32.6. The highest BCUT2D eigenvalue weighted by Crippen LogP contribution is 2.40. The van der Waals surface area contributed by atoms with Crippen LogP contribution >= 0.6 is 11.3 Å². The van der Waals surface area contributed by atoms with E-state index in [9.17, 15) is 0 Å². The Labute approximate surface area is 289 Å². The first-order valence-corrected chi connectivity index (χ1v) is 17.3. The van der Waals surface area contributed by atoms with Gasteiger partial charge < -0.3 is 0 Å². The van der Waals surface area contributed by atoms with Crippen molar-refractivity contribution in [2.75, 3.05) is 0 Å². The number of nitrogens with zero attached hydrogens (tertiary/aromatic N) is 2. The third kappa shape index (κ3) is 5.61. The summed E-state index contributed by atoms with van der Waals surface area (Å²) < 4.78 is 1.21. The molecule has 0 saturated carbocycles. The summed E-state index contributed by atoms with van der Waals surface area (Å²) in [5, 5.41) is 2.30. The van der Waals surface area contributed by atoms with Crippen molar-refractivity contribution in [3.63, 3.8) is 0 Å². The molecule has 2 aromatic heterocycles. The molecule has 0 aliphatic carbocycles. The van der Waals surface area contributed by atoms with E-state index in [0.717, 1.165) is 44.0 Å². The quantitative estimate of drug-likeness (QED) is 0.180. The molecule has 9 aromatic rings. The second-order valence-corrected chi connectivity index (χ2v) is 13.3. The summed E-state index contributed by atoms with van der Waals surface area (Å²) >= 11 is 1.73. The largest absolute Gasteiger partial charge is 0.227 e. The molecule has 0 N–H and O–H groups in total. The van der Waals surface area contributed by atoms with Gasteiger partial charge in [-0.1, -0.05) is 152 Å². The second-order valence-electron chi connectivity index (χ2n) is 12.2. The van der Waals surface area contributed by atoms with Crippen molar-refractivity contribution in [2.24, 2.45) is 0 Å². The summed E-state index contributed by atoms with van der Waals surface area (Å²) in [5.41, 5.74) is 12.5. The van der Waals surface area contributed by atoms with Crippen LogP contribution in [0.4, 0.5) is 0 Å². The first-order valence-electron chi connectivity index (χ1n) is 16.5. The lowest BCUT2D eigenvalue weighted by atomic mass is 9.95. The van der Waals surface area contributed by atoms with Gasteiger partial charge in [-0.2, -0.15) is 0 Å². The minimum absolute atomic E-state index is 0.729. The predicted octanol–water partition coefficient (Wildman–Crippen LogP) is 12.8. The Bertz CT molecular complexity index is 2600. The Morgan fingerprint density at radius 2 is 0.735 bits per heavy atom. The topological polar surface area (TPSA) is 25.8 Å². The zero-order valence-electron chi connectivity index (χ0n) is 26.6. The summed E-state index contributed by atoms with van der Waals surface area (Å²) in [6.45, 7) is 0. The minimum Gasteiger partial charge on any atom is -0.227 e. The number of aromatic nitrogens is 2. The first-order chi connectivity index (χ1) is 24.3. The maximum absolute atomic E-state index is 5.33. The van der Waals surface area contributed by atoms with Gasteiger partial charge in [0.15, 0.2) is 5.82 Å². The first kappa shape index (κ1) is 29.0. The Balaban J connectivity index is 1.14. The fourth-order valence-corrected chi connectivity index (χ4v) is 7.74. The van der Waals surface area contributed by atoms with E-state index in [1.807, 2.05) is 0 Å². The van der Waals surface area contributed by atoms with Gasteiger partial charge in [-0.15, -0.1) is 11.3 Å². The van der Waals surface area contributed by atoms with E-state index in [1.54, 1.807) is 11.3 Å². The van der Waals surface area contributed by atoms with Crippen molar-refractivity contribution in [1.29, 1.82) is 0 Å². The van der Waals surface area contributed by atoms with Gasteiger partial charge in [0.2, 0.25) is 0 Å². The van der Waals surface area contributed by atoms with E-state index in [1.165, 1.54) is 43.5 Å². The van der Waals surface area contributed by atoms with Crippen molar-refractivity contribution in [3.8, 4) is 67.2 Å². The number of thiophene rings is 1. The van der Waals surface area contributed by atoms with Gasteiger partial charge in [-0.25, -0.2) is 9.97 Å². The van der Waals surface area contributed by atoms with Gasteiger partial charge in [-0.3, -0.25) is 0 Å². The molecule has 3 heteroatoms. The molecule has 49 heavy (non-hydrogen) atoms. The van der Waals surface area contributed by atoms with Crippen LogP contribution < -0.4 is 0 Å². The second kappa shape index (κ2) is 12.5. The Morgan fingerprint density at radius 3 is 1.31 bits per heavy atom. The fourth-order valence-electron chi connectivity index (χ4n) is 6.66. The highest BCUT2D eigenvalue weighted by molar-refractivity contribution is 7.25. The van der Waals surface area contributed by atoms with E-state index in [-0.39, 0.29) is 0 Å². The van der Waals surface area contributed by atoms with Crippen LogP contribution in [0.25, 0.3) is 87.5 Å². The molecular weight excluding hydrogens is 613 g/mol. The lowest BCUT2D eigenvalue weighted by Crippen LogP contribution is -1.94. The molecule has 0 aliphatic heterocycles. The molecular formula is C46H30N2S. The van der Waals surface area contributed by atoms with Gasteiger partial charge >= 0.3 is 0 Å². The van der Waals surface area contributed by atoms with Gasteiger partial charge in [0.25, 0.3) is 0 Å². The molecule has 7 aromatic carbocycles. The SMILES string of the molecule is c1ccc(-c2cccc(-c3cccc(-c4cccc(-c5nc(-c6cccc(-c7ccccc7)c6)c6c(n5)sc5ccccc56)c4)c3)c2)cc1. The number of hydrogen-bond acceptors (Lipinski definition) is 3. The number of fused-ring (bicyclic) bond motifs is 3. The van der Waals surface area contributed by atoms with Gasteiger partial charge in [0, 0.05) is 26.6 Å². The maximum atomic E-state index is 5.33. The number of rotatable bonds is 6. The molecule has 0 unspecified atom stereocenters. The molecule has 0 radical (unpaired) electrons. The van der Waals surface area contributed by atoms with Crippen molar-refractivity contribution in [1.82, 2.24) is 9.97 Å². The number of hydrogen-bond donors (Lipinski definition) is 0. The molecule has 9 rings (SSSR count).